The fourth-order valence-electron chi connectivity index (χ4n) is 4.41. The number of para-hydroxylation sites is 1. The number of carbonyl (C=O) groups is 1. The molecule has 4 aromatic rings. The van der Waals surface area contributed by atoms with Crippen LogP contribution in [0.25, 0.3) is 16.6 Å². The van der Waals surface area contributed by atoms with Crippen molar-refractivity contribution in [3.63, 3.8) is 0 Å². The first-order chi connectivity index (χ1) is 17.5. The molecule has 0 saturated carbocycles. The molecule has 2 unspecified atom stereocenters. The van der Waals surface area contributed by atoms with Crippen molar-refractivity contribution in [1.29, 1.82) is 0 Å². The molecule has 7 heteroatoms. The number of carbonyl (C=O) groups excluding carboxylic acids is 1. The van der Waals surface area contributed by atoms with Crippen LogP contribution in [0.3, 0.4) is 0 Å². The summed E-state index contributed by atoms with van der Waals surface area (Å²) in [7, 11) is 0. The summed E-state index contributed by atoms with van der Waals surface area (Å²) in [5.74, 6) is 0.304. The van der Waals surface area contributed by atoms with Gasteiger partial charge in [-0.15, -0.1) is 11.6 Å². The first-order valence-electron chi connectivity index (χ1n) is 12.2. The maximum atomic E-state index is 13.8. The lowest BCUT2D eigenvalue weighted by atomic mass is 10.1. The Morgan fingerprint density at radius 2 is 1.64 bits per heavy atom. The van der Waals surface area contributed by atoms with E-state index in [1.165, 1.54) is 0 Å². The Hall–Kier alpha value is -3.15. The second-order valence-corrected chi connectivity index (χ2v) is 9.56. The molecule has 0 radical (unpaired) electrons. The van der Waals surface area contributed by atoms with Gasteiger partial charge in [0.05, 0.1) is 22.6 Å². The van der Waals surface area contributed by atoms with E-state index in [0.717, 1.165) is 18.4 Å². The normalized spacial score (nSPS) is 12.9. The van der Waals surface area contributed by atoms with Gasteiger partial charge in [0.2, 0.25) is 5.91 Å². The lowest BCUT2D eigenvalue weighted by Crippen LogP contribution is -2.40. The van der Waals surface area contributed by atoms with Gasteiger partial charge in [-0.3, -0.25) is 14.2 Å². The molecule has 0 spiro atoms. The van der Waals surface area contributed by atoms with Crippen molar-refractivity contribution in [1.82, 2.24) is 14.5 Å². The number of alkyl halides is 1. The standard InChI is InChI=1S/C29H29Cl2N3O2/c1-3-5-19-33(29(36)26(31)20-11-7-6-8-12-20)25(4-2)27-32-24-14-10-9-13-23(24)28(35)34(27)22-17-15-21(30)16-18-22/h6-18,25-26H,3-5,19H2,1-2H3. The van der Waals surface area contributed by atoms with Gasteiger partial charge in [0.15, 0.2) is 0 Å². The SMILES string of the molecule is CCCCN(C(=O)C(Cl)c1ccccc1)C(CC)c1nc2ccccc2c(=O)n1-c1ccc(Cl)cc1. The third-order valence-corrected chi connectivity index (χ3v) is 6.98. The summed E-state index contributed by atoms with van der Waals surface area (Å²) in [6, 6.07) is 23.2. The molecule has 0 bridgehead atoms. The zero-order chi connectivity index (χ0) is 25.7. The van der Waals surface area contributed by atoms with Crippen molar-refractivity contribution < 1.29 is 4.79 Å². The largest absolute Gasteiger partial charge is 0.331 e. The highest BCUT2D eigenvalue weighted by Crippen LogP contribution is 2.31. The van der Waals surface area contributed by atoms with E-state index in [4.69, 9.17) is 28.2 Å². The molecule has 3 aromatic carbocycles. The zero-order valence-corrected chi connectivity index (χ0v) is 21.9. The minimum atomic E-state index is -0.840. The second-order valence-electron chi connectivity index (χ2n) is 8.69. The molecule has 0 fully saturated rings. The summed E-state index contributed by atoms with van der Waals surface area (Å²) in [5, 5.41) is 0.243. The van der Waals surface area contributed by atoms with Gasteiger partial charge in [0.1, 0.15) is 11.2 Å². The first kappa shape index (κ1) is 25.9. The van der Waals surface area contributed by atoms with Crippen molar-refractivity contribution in [2.45, 2.75) is 44.5 Å². The van der Waals surface area contributed by atoms with Crippen LogP contribution in [-0.2, 0) is 4.79 Å². The van der Waals surface area contributed by atoms with Crippen LogP contribution in [0.15, 0.2) is 83.7 Å². The topological polar surface area (TPSA) is 55.2 Å². The predicted octanol–water partition coefficient (Wildman–Crippen LogP) is 7.10. The van der Waals surface area contributed by atoms with E-state index in [-0.39, 0.29) is 11.5 Å². The average Bonchev–Trinajstić information content (AvgIpc) is 2.91. The van der Waals surface area contributed by atoms with Gasteiger partial charge in [-0.25, -0.2) is 4.98 Å². The lowest BCUT2D eigenvalue weighted by Gasteiger charge is -2.33. The molecule has 0 aliphatic carbocycles. The Kier molecular flexibility index (Phi) is 8.44. The third kappa shape index (κ3) is 5.32. The van der Waals surface area contributed by atoms with Crippen LogP contribution < -0.4 is 5.56 Å². The molecular weight excluding hydrogens is 493 g/mol. The molecule has 1 aromatic heterocycles. The molecule has 0 saturated heterocycles. The Balaban J connectivity index is 1.90. The smallest absolute Gasteiger partial charge is 0.266 e. The van der Waals surface area contributed by atoms with E-state index in [1.807, 2.05) is 55.5 Å². The number of fused-ring (bicyclic) bond motifs is 1. The number of hydrogen-bond donors (Lipinski definition) is 0. The fourth-order valence-corrected chi connectivity index (χ4v) is 4.81. The summed E-state index contributed by atoms with van der Waals surface area (Å²) in [6.45, 7) is 4.58. The van der Waals surface area contributed by atoms with Crippen molar-refractivity contribution in [3.8, 4) is 5.69 Å². The van der Waals surface area contributed by atoms with E-state index in [2.05, 4.69) is 6.92 Å². The van der Waals surface area contributed by atoms with E-state index < -0.39 is 11.4 Å². The van der Waals surface area contributed by atoms with Crippen LogP contribution in [0, 0.1) is 0 Å². The Morgan fingerprint density at radius 3 is 2.31 bits per heavy atom. The molecule has 4 rings (SSSR count). The van der Waals surface area contributed by atoms with Crippen molar-refractivity contribution in [3.05, 3.63) is 106 Å². The van der Waals surface area contributed by atoms with Crippen LogP contribution in [0.1, 0.15) is 55.9 Å². The molecule has 0 aliphatic heterocycles. The summed E-state index contributed by atoms with van der Waals surface area (Å²) in [4.78, 5) is 34.3. The molecule has 36 heavy (non-hydrogen) atoms. The van der Waals surface area contributed by atoms with Gasteiger partial charge < -0.3 is 4.90 Å². The third-order valence-electron chi connectivity index (χ3n) is 6.29. The van der Waals surface area contributed by atoms with E-state index in [1.54, 1.807) is 39.8 Å². The number of unbranched alkanes of at least 4 members (excludes halogenated alkanes) is 1. The molecular formula is C29H29Cl2N3O2. The van der Waals surface area contributed by atoms with E-state index >= 15 is 0 Å². The number of halogens is 2. The van der Waals surface area contributed by atoms with Gasteiger partial charge in [0.25, 0.3) is 5.56 Å². The van der Waals surface area contributed by atoms with Crippen molar-refractivity contribution >= 4 is 40.0 Å². The summed E-state index contributed by atoms with van der Waals surface area (Å²) >= 11 is 12.9. The van der Waals surface area contributed by atoms with Crippen LogP contribution >= 0.6 is 23.2 Å². The Labute approximate surface area is 221 Å². The molecule has 0 N–H and O–H groups in total. The number of hydrogen-bond acceptors (Lipinski definition) is 3. The summed E-state index contributed by atoms with van der Waals surface area (Å²) < 4.78 is 1.60. The maximum Gasteiger partial charge on any atom is 0.266 e. The highest BCUT2D eigenvalue weighted by Gasteiger charge is 2.32. The minimum Gasteiger partial charge on any atom is -0.331 e. The van der Waals surface area contributed by atoms with Crippen molar-refractivity contribution in [2.24, 2.45) is 0 Å². The highest BCUT2D eigenvalue weighted by molar-refractivity contribution is 6.31. The summed E-state index contributed by atoms with van der Waals surface area (Å²) in [6.07, 6.45) is 2.28. The number of aromatic nitrogens is 2. The zero-order valence-electron chi connectivity index (χ0n) is 20.4. The molecule has 186 valence electrons. The van der Waals surface area contributed by atoms with Crippen LogP contribution in [0.5, 0.6) is 0 Å². The number of benzene rings is 3. The van der Waals surface area contributed by atoms with Crippen LogP contribution in [-0.4, -0.2) is 26.9 Å². The van der Waals surface area contributed by atoms with Crippen molar-refractivity contribution in [2.75, 3.05) is 6.54 Å². The van der Waals surface area contributed by atoms with Gasteiger partial charge in [-0.2, -0.15) is 0 Å². The lowest BCUT2D eigenvalue weighted by molar-refractivity contribution is -0.133. The fraction of sp³-hybridized carbons (Fsp3) is 0.276. The van der Waals surface area contributed by atoms with E-state index in [9.17, 15) is 9.59 Å². The molecule has 1 amide bonds. The Bertz CT molecular complexity index is 1390. The molecule has 1 heterocycles. The summed E-state index contributed by atoms with van der Waals surface area (Å²) in [5.41, 5.74) is 1.78. The first-order valence-corrected chi connectivity index (χ1v) is 13.0. The molecule has 0 aliphatic rings. The second kappa shape index (κ2) is 11.7. The van der Waals surface area contributed by atoms with Gasteiger partial charge in [0, 0.05) is 11.6 Å². The van der Waals surface area contributed by atoms with Crippen LogP contribution in [0.4, 0.5) is 0 Å². The van der Waals surface area contributed by atoms with Crippen LogP contribution in [0.2, 0.25) is 5.02 Å². The van der Waals surface area contributed by atoms with Gasteiger partial charge in [-0.1, -0.05) is 74.3 Å². The monoisotopic (exact) mass is 521 g/mol. The average molecular weight is 522 g/mol. The molecule has 2 atom stereocenters. The van der Waals surface area contributed by atoms with E-state index in [0.29, 0.717) is 40.4 Å². The Morgan fingerprint density at radius 1 is 0.972 bits per heavy atom. The quantitative estimate of drug-likeness (QED) is 0.220. The molecule has 5 nitrogen and oxygen atoms in total. The predicted molar refractivity (Wildman–Crippen MR) is 147 cm³/mol. The van der Waals surface area contributed by atoms with Gasteiger partial charge >= 0.3 is 0 Å². The maximum absolute atomic E-state index is 13.8. The number of nitrogens with zero attached hydrogens (tertiary/aromatic N) is 3. The number of amides is 1. The highest BCUT2D eigenvalue weighted by atomic mass is 35.5. The minimum absolute atomic E-state index is 0.190. The van der Waals surface area contributed by atoms with Gasteiger partial charge in [-0.05, 0) is 54.8 Å². The number of rotatable bonds is 9.